The molecule has 0 spiro atoms. The molecule has 45 heavy (non-hydrogen) atoms. The number of nitrogens with zero attached hydrogens (tertiary/aromatic N) is 4. The van der Waals surface area contributed by atoms with Gasteiger partial charge in [-0.15, -0.1) is 29.3 Å². The first kappa shape index (κ1) is 32.4. The third-order valence-corrected chi connectivity index (χ3v) is 8.02. The Morgan fingerprint density at radius 1 is 0.822 bits per heavy atom. The molecule has 2 aromatic heterocycles. The van der Waals surface area contributed by atoms with Crippen LogP contribution in [0.15, 0.2) is 85.2 Å². The summed E-state index contributed by atoms with van der Waals surface area (Å²) in [7, 11) is 1.95. The predicted octanol–water partition coefficient (Wildman–Crippen LogP) is 9.04. The van der Waals surface area contributed by atoms with Crippen molar-refractivity contribution in [3.8, 4) is 34.3 Å². The molecular weight excluding hydrogens is 736 g/mol. The van der Waals surface area contributed by atoms with Crippen LogP contribution < -0.4 is 9.30 Å². The molecule has 0 unspecified atom stereocenters. The summed E-state index contributed by atoms with van der Waals surface area (Å²) < 4.78 is 12.6. The largest absolute Gasteiger partial charge is 0.504 e. The van der Waals surface area contributed by atoms with E-state index in [1.165, 1.54) is 16.8 Å². The molecule has 6 rings (SSSR count). The number of hydrogen-bond acceptors (Lipinski definition) is 2. The number of ether oxygens (including phenoxy) is 1. The molecule has 0 N–H and O–H groups in total. The normalized spacial score (nSPS) is 11.8. The number of para-hydroxylation sites is 3. The summed E-state index contributed by atoms with van der Waals surface area (Å²) in [5, 5.41) is 0. The number of imidazole rings is 2. The summed E-state index contributed by atoms with van der Waals surface area (Å²) >= 11 is 0. The van der Waals surface area contributed by atoms with E-state index in [1.807, 2.05) is 46.8 Å². The van der Waals surface area contributed by atoms with Gasteiger partial charge >= 0.3 is 0 Å². The van der Waals surface area contributed by atoms with Gasteiger partial charge in [-0.05, 0) is 40.5 Å². The summed E-state index contributed by atoms with van der Waals surface area (Å²) in [4.78, 5) is 5.25. The van der Waals surface area contributed by atoms with Crippen molar-refractivity contribution in [3.63, 3.8) is 0 Å². The van der Waals surface area contributed by atoms with Crippen LogP contribution >= 0.6 is 0 Å². The van der Waals surface area contributed by atoms with Gasteiger partial charge in [0.2, 0.25) is 6.33 Å². The number of fused-ring (bicyclic) bond motifs is 1. The number of benzene rings is 4. The third kappa shape index (κ3) is 6.55. The number of aromatic nitrogens is 4. The van der Waals surface area contributed by atoms with Crippen LogP contribution in [0.5, 0.6) is 11.5 Å². The van der Waals surface area contributed by atoms with Crippen LogP contribution in [0.3, 0.4) is 0 Å². The zero-order valence-electron chi connectivity index (χ0n) is 27.3. The maximum Gasteiger partial charge on any atom is 0.241 e. The molecule has 5 nitrogen and oxygen atoms in total. The molecule has 0 saturated carbocycles. The van der Waals surface area contributed by atoms with Gasteiger partial charge in [-0.25, -0.2) is 0 Å². The Kier molecular flexibility index (Phi) is 9.23. The van der Waals surface area contributed by atoms with Crippen molar-refractivity contribution in [2.75, 3.05) is 0 Å². The van der Waals surface area contributed by atoms with E-state index in [2.05, 4.69) is 126 Å². The van der Waals surface area contributed by atoms with Crippen molar-refractivity contribution in [1.29, 1.82) is 0 Å². The first-order valence-corrected chi connectivity index (χ1v) is 15.4. The monoisotopic (exact) mass is 775 g/mol. The summed E-state index contributed by atoms with van der Waals surface area (Å²) in [5.74, 6) is 2.77. The van der Waals surface area contributed by atoms with Crippen LogP contribution in [0, 0.1) is 18.5 Å². The fraction of sp³-hybridized carbons (Fsp3) is 0.282. The van der Waals surface area contributed by atoms with Gasteiger partial charge in [0.25, 0.3) is 0 Å². The van der Waals surface area contributed by atoms with Crippen molar-refractivity contribution in [2.45, 2.75) is 65.7 Å². The van der Waals surface area contributed by atoms with Crippen LogP contribution in [0.2, 0.25) is 0 Å². The van der Waals surface area contributed by atoms with Crippen molar-refractivity contribution in [3.05, 3.63) is 120 Å². The fourth-order valence-electron chi connectivity index (χ4n) is 5.65. The second kappa shape index (κ2) is 12.8. The van der Waals surface area contributed by atoms with Gasteiger partial charge in [-0.1, -0.05) is 96.6 Å². The first-order chi connectivity index (χ1) is 21.0. The van der Waals surface area contributed by atoms with Gasteiger partial charge in [-0.3, -0.25) is 4.98 Å². The molecule has 0 aliphatic heterocycles. The van der Waals surface area contributed by atoms with E-state index in [0.29, 0.717) is 23.3 Å². The predicted molar refractivity (Wildman–Crippen MR) is 177 cm³/mol. The Labute approximate surface area is 281 Å². The Hall–Kier alpha value is -3.95. The van der Waals surface area contributed by atoms with Crippen LogP contribution in [0.4, 0.5) is 0 Å². The molecular formula is C39H40N4OPt-2. The molecule has 0 bridgehead atoms. The zero-order chi connectivity index (χ0) is 31.2. The topological polar surface area (TPSA) is 35.9 Å². The second-order valence-electron chi connectivity index (χ2n) is 13.1. The van der Waals surface area contributed by atoms with Gasteiger partial charge in [0, 0.05) is 50.6 Å². The number of rotatable bonds is 7. The van der Waals surface area contributed by atoms with E-state index >= 15 is 0 Å². The maximum atomic E-state index is 6.51. The summed E-state index contributed by atoms with van der Waals surface area (Å²) in [5.41, 5.74) is 8.58. The molecule has 0 fully saturated rings. The van der Waals surface area contributed by atoms with E-state index in [4.69, 9.17) is 9.72 Å². The van der Waals surface area contributed by atoms with Crippen LogP contribution in [0.1, 0.15) is 77.0 Å². The second-order valence-corrected chi connectivity index (χ2v) is 13.1. The SMILES string of the molecule is CC(C)c1cccc(C(C)C)c1-n1c(-c2[c-]c(Oc3[c-]c(-[n+]4[c-]n(C)cc4)ccc3)cc(C(C)(C)C)c2)nc2ccccc21.[Pt]. The van der Waals surface area contributed by atoms with Crippen molar-refractivity contribution < 1.29 is 30.4 Å². The summed E-state index contributed by atoms with van der Waals surface area (Å²) in [6.07, 6.45) is 7.13. The Bertz CT molecular complexity index is 1930. The molecule has 0 aliphatic rings. The van der Waals surface area contributed by atoms with E-state index in [-0.39, 0.29) is 26.5 Å². The van der Waals surface area contributed by atoms with E-state index in [9.17, 15) is 0 Å². The first-order valence-electron chi connectivity index (χ1n) is 15.4. The minimum absolute atomic E-state index is 0. The van der Waals surface area contributed by atoms with Gasteiger partial charge in [-0.2, -0.15) is 12.1 Å². The Morgan fingerprint density at radius 3 is 2.16 bits per heavy atom. The number of aryl methyl sites for hydroxylation is 1. The molecule has 234 valence electrons. The minimum atomic E-state index is -0.127. The quantitative estimate of drug-likeness (QED) is 0.120. The molecule has 4 aromatic carbocycles. The Balaban J connectivity index is 0.00000400. The number of hydrogen-bond donors (Lipinski definition) is 0. The molecule has 6 heteroatoms. The minimum Gasteiger partial charge on any atom is -0.504 e. The van der Waals surface area contributed by atoms with Gasteiger partial charge in [0.1, 0.15) is 0 Å². The molecule has 6 aromatic rings. The summed E-state index contributed by atoms with van der Waals surface area (Å²) in [6, 6.07) is 32.3. The maximum absolute atomic E-state index is 6.51. The fourth-order valence-corrected chi connectivity index (χ4v) is 5.65. The van der Waals surface area contributed by atoms with Gasteiger partial charge in [0.15, 0.2) is 0 Å². The molecule has 0 radical (unpaired) electrons. The van der Waals surface area contributed by atoms with Crippen LogP contribution in [0.25, 0.3) is 33.8 Å². The van der Waals surface area contributed by atoms with E-state index in [0.717, 1.165) is 33.7 Å². The molecule has 0 amide bonds. The van der Waals surface area contributed by atoms with E-state index < -0.39 is 0 Å². The van der Waals surface area contributed by atoms with Crippen LogP contribution in [-0.4, -0.2) is 14.1 Å². The molecule has 2 heterocycles. The van der Waals surface area contributed by atoms with Crippen molar-refractivity contribution in [2.24, 2.45) is 7.05 Å². The summed E-state index contributed by atoms with van der Waals surface area (Å²) in [6.45, 7) is 15.7. The van der Waals surface area contributed by atoms with Crippen molar-refractivity contribution >= 4 is 11.0 Å². The van der Waals surface area contributed by atoms with Gasteiger partial charge < -0.3 is 18.4 Å². The molecule has 0 saturated heterocycles. The van der Waals surface area contributed by atoms with Crippen molar-refractivity contribution in [1.82, 2.24) is 14.1 Å². The average molecular weight is 776 g/mol. The standard InChI is InChI=1S/C39H40N4O.Pt/c1-26(2)33-15-12-16-34(27(3)4)37(33)43-36-18-10-9-17-35(36)40-38(43)28-21-29(39(5,6)7)23-32(22-28)44-31-14-11-13-30(24-31)42-20-19-41(8)25-42;/h9-21,23,26-27H,1-8H3;/q-2;. The molecule has 0 atom stereocenters. The Morgan fingerprint density at radius 2 is 1.51 bits per heavy atom. The van der Waals surface area contributed by atoms with Gasteiger partial charge in [0.05, 0.1) is 23.9 Å². The average Bonchev–Trinajstić information content (AvgIpc) is 3.60. The van der Waals surface area contributed by atoms with Crippen LogP contribution in [-0.2, 0) is 33.5 Å². The smallest absolute Gasteiger partial charge is 0.241 e. The molecule has 0 aliphatic carbocycles. The third-order valence-electron chi connectivity index (χ3n) is 8.02. The van der Waals surface area contributed by atoms with E-state index in [1.54, 1.807) is 0 Å². The zero-order valence-corrected chi connectivity index (χ0v) is 29.5.